The van der Waals surface area contributed by atoms with Gasteiger partial charge in [-0.3, -0.25) is 4.79 Å². The third-order valence-electron chi connectivity index (χ3n) is 3.36. The highest BCUT2D eigenvalue weighted by atomic mass is 16.2. The molecule has 2 aliphatic rings. The third kappa shape index (κ3) is 1.70. The fourth-order valence-corrected chi connectivity index (χ4v) is 2.04. The quantitative estimate of drug-likeness (QED) is 0.667. The summed E-state index contributed by atoms with van der Waals surface area (Å²) >= 11 is 0. The number of amides is 1. The summed E-state index contributed by atoms with van der Waals surface area (Å²) in [6.45, 7) is 2.13. The zero-order chi connectivity index (χ0) is 9.53. The topological polar surface area (TPSA) is 55.1 Å². The van der Waals surface area contributed by atoms with Crippen molar-refractivity contribution in [3.8, 4) is 0 Å². The second-order valence-corrected chi connectivity index (χ2v) is 4.88. The fourth-order valence-electron chi connectivity index (χ4n) is 2.04. The lowest BCUT2D eigenvalue weighted by molar-refractivity contribution is -0.125. The first kappa shape index (κ1) is 9.00. The van der Waals surface area contributed by atoms with E-state index in [2.05, 4.69) is 12.2 Å². The van der Waals surface area contributed by atoms with Crippen molar-refractivity contribution in [3.63, 3.8) is 0 Å². The first-order valence-corrected chi connectivity index (χ1v) is 5.16. The average molecular weight is 182 g/mol. The van der Waals surface area contributed by atoms with Crippen LogP contribution in [0.2, 0.25) is 0 Å². The van der Waals surface area contributed by atoms with Crippen LogP contribution in [0.4, 0.5) is 0 Å². The second-order valence-electron chi connectivity index (χ2n) is 4.88. The van der Waals surface area contributed by atoms with Crippen molar-refractivity contribution in [2.45, 2.75) is 56.5 Å². The second kappa shape index (κ2) is 2.71. The minimum absolute atomic E-state index is 0.0338. The van der Waals surface area contributed by atoms with E-state index in [-0.39, 0.29) is 11.4 Å². The lowest BCUT2D eigenvalue weighted by atomic mass is 10.00. The molecule has 0 radical (unpaired) electrons. The van der Waals surface area contributed by atoms with Gasteiger partial charge >= 0.3 is 0 Å². The highest BCUT2D eigenvalue weighted by Gasteiger charge is 2.48. The molecule has 1 amide bonds. The SMILES string of the molecule is CC1(NC(=O)C2(N)CC2)CCCC1. The molecule has 74 valence electrons. The van der Waals surface area contributed by atoms with Crippen LogP contribution in [-0.4, -0.2) is 17.0 Å². The van der Waals surface area contributed by atoms with E-state index in [0.717, 1.165) is 25.7 Å². The van der Waals surface area contributed by atoms with Gasteiger partial charge in [0.1, 0.15) is 0 Å². The summed E-state index contributed by atoms with van der Waals surface area (Å²) < 4.78 is 0. The Hall–Kier alpha value is -0.570. The number of rotatable bonds is 2. The molecule has 0 heterocycles. The maximum atomic E-state index is 11.7. The standard InChI is InChI=1S/C10H18N2O/c1-9(4-2-3-5-9)12-8(13)10(11)6-7-10/h2-7,11H2,1H3,(H,12,13). The van der Waals surface area contributed by atoms with E-state index in [9.17, 15) is 4.79 Å². The smallest absolute Gasteiger partial charge is 0.240 e. The number of nitrogens with two attached hydrogens (primary N) is 1. The molecule has 0 aromatic carbocycles. The molecule has 13 heavy (non-hydrogen) atoms. The Morgan fingerprint density at radius 1 is 1.23 bits per heavy atom. The predicted molar refractivity (Wildman–Crippen MR) is 51.2 cm³/mol. The van der Waals surface area contributed by atoms with Gasteiger partial charge in [0.05, 0.1) is 5.54 Å². The Kier molecular flexibility index (Phi) is 1.88. The molecule has 3 N–H and O–H groups in total. The third-order valence-corrected chi connectivity index (χ3v) is 3.36. The molecule has 0 unspecified atom stereocenters. The zero-order valence-electron chi connectivity index (χ0n) is 8.23. The molecule has 3 heteroatoms. The molecule has 0 atom stereocenters. The van der Waals surface area contributed by atoms with Crippen LogP contribution >= 0.6 is 0 Å². The Morgan fingerprint density at radius 2 is 1.77 bits per heavy atom. The molecular weight excluding hydrogens is 164 g/mol. The number of hydrogen-bond donors (Lipinski definition) is 2. The van der Waals surface area contributed by atoms with Gasteiger partial charge in [0.25, 0.3) is 0 Å². The average Bonchev–Trinajstić information content (AvgIpc) is 2.67. The summed E-state index contributed by atoms with van der Waals surface area (Å²) in [5.74, 6) is 0.0666. The van der Waals surface area contributed by atoms with Crippen molar-refractivity contribution >= 4 is 5.91 Å². The highest BCUT2D eigenvalue weighted by molar-refractivity contribution is 5.89. The summed E-state index contributed by atoms with van der Waals surface area (Å²) in [6.07, 6.45) is 6.39. The number of nitrogens with one attached hydrogen (secondary N) is 1. The van der Waals surface area contributed by atoms with Gasteiger partial charge in [-0.2, -0.15) is 0 Å². The van der Waals surface area contributed by atoms with E-state index in [1.54, 1.807) is 0 Å². The fraction of sp³-hybridized carbons (Fsp3) is 0.900. The van der Waals surface area contributed by atoms with E-state index in [1.807, 2.05) is 0 Å². The lowest BCUT2D eigenvalue weighted by Gasteiger charge is -2.27. The van der Waals surface area contributed by atoms with Gasteiger partial charge in [-0.15, -0.1) is 0 Å². The van der Waals surface area contributed by atoms with E-state index in [4.69, 9.17) is 5.73 Å². The molecule has 2 aliphatic carbocycles. The Balaban J connectivity index is 1.93. The summed E-state index contributed by atoms with van der Waals surface area (Å²) in [6, 6.07) is 0. The summed E-state index contributed by atoms with van der Waals surface area (Å²) in [5.41, 5.74) is 5.34. The molecule has 0 bridgehead atoms. The lowest BCUT2D eigenvalue weighted by Crippen LogP contribution is -2.52. The molecule has 0 spiro atoms. The Bertz CT molecular complexity index is 227. The van der Waals surface area contributed by atoms with Crippen molar-refractivity contribution < 1.29 is 4.79 Å². The van der Waals surface area contributed by atoms with Crippen LogP contribution in [0.25, 0.3) is 0 Å². The van der Waals surface area contributed by atoms with Gasteiger partial charge < -0.3 is 11.1 Å². The van der Waals surface area contributed by atoms with E-state index in [1.165, 1.54) is 12.8 Å². The van der Waals surface area contributed by atoms with Crippen molar-refractivity contribution in [2.75, 3.05) is 0 Å². The minimum atomic E-state index is -0.508. The molecular formula is C10H18N2O. The largest absolute Gasteiger partial charge is 0.349 e. The molecule has 0 aromatic heterocycles. The monoisotopic (exact) mass is 182 g/mol. The molecule has 3 nitrogen and oxygen atoms in total. The van der Waals surface area contributed by atoms with Gasteiger partial charge in [0, 0.05) is 5.54 Å². The highest BCUT2D eigenvalue weighted by Crippen LogP contribution is 2.35. The van der Waals surface area contributed by atoms with E-state index < -0.39 is 5.54 Å². The van der Waals surface area contributed by atoms with Crippen molar-refractivity contribution in [2.24, 2.45) is 5.73 Å². The minimum Gasteiger partial charge on any atom is -0.349 e. The first-order chi connectivity index (χ1) is 6.04. The van der Waals surface area contributed by atoms with Crippen molar-refractivity contribution in [1.82, 2.24) is 5.32 Å². The Labute approximate surface area is 79.1 Å². The maximum absolute atomic E-state index is 11.7. The van der Waals surface area contributed by atoms with Crippen LogP contribution in [0.15, 0.2) is 0 Å². The van der Waals surface area contributed by atoms with Crippen molar-refractivity contribution in [1.29, 1.82) is 0 Å². The van der Waals surface area contributed by atoms with Gasteiger partial charge in [0.15, 0.2) is 0 Å². The van der Waals surface area contributed by atoms with E-state index >= 15 is 0 Å². The molecule has 2 saturated carbocycles. The maximum Gasteiger partial charge on any atom is 0.240 e. The Morgan fingerprint density at radius 3 is 2.23 bits per heavy atom. The zero-order valence-corrected chi connectivity index (χ0v) is 8.23. The molecule has 2 fully saturated rings. The number of carbonyl (C=O) groups excluding carboxylic acids is 1. The summed E-state index contributed by atoms with van der Waals surface area (Å²) in [7, 11) is 0. The summed E-state index contributed by atoms with van der Waals surface area (Å²) in [5, 5.41) is 3.09. The molecule has 0 aromatic rings. The summed E-state index contributed by atoms with van der Waals surface area (Å²) in [4.78, 5) is 11.7. The van der Waals surface area contributed by atoms with Gasteiger partial charge in [0.2, 0.25) is 5.91 Å². The van der Waals surface area contributed by atoms with Crippen molar-refractivity contribution in [3.05, 3.63) is 0 Å². The van der Waals surface area contributed by atoms with Gasteiger partial charge in [-0.1, -0.05) is 12.8 Å². The molecule has 2 rings (SSSR count). The molecule has 0 saturated heterocycles. The number of carbonyl (C=O) groups is 1. The predicted octanol–water partition coefficient (Wildman–Crippen LogP) is 0.927. The first-order valence-electron chi connectivity index (χ1n) is 5.16. The molecule has 0 aliphatic heterocycles. The van der Waals surface area contributed by atoms with Crippen LogP contribution < -0.4 is 11.1 Å². The van der Waals surface area contributed by atoms with Crippen LogP contribution in [0.1, 0.15) is 45.4 Å². The van der Waals surface area contributed by atoms with Gasteiger partial charge in [-0.25, -0.2) is 0 Å². The number of hydrogen-bond acceptors (Lipinski definition) is 2. The van der Waals surface area contributed by atoms with Gasteiger partial charge in [-0.05, 0) is 32.6 Å². The van der Waals surface area contributed by atoms with Crippen LogP contribution in [0.3, 0.4) is 0 Å². The normalized spacial score (nSPS) is 28.5. The van der Waals surface area contributed by atoms with Crippen LogP contribution in [-0.2, 0) is 4.79 Å². The van der Waals surface area contributed by atoms with Crippen LogP contribution in [0.5, 0.6) is 0 Å². The van der Waals surface area contributed by atoms with Crippen LogP contribution in [0, 0.1) is 0 Å². The van der Waals surface area contributed by atoms with E-state index in [0.29, 0.717) is 0 Å².